The normalized spacial score (nSPS) is 13.9. The Kier molecular flexibility index (Phi) is 6.22. The van der Waals surface area contributed by atoms with E-state index in [-0.39, 0.29) is 29.0 Å². The molecule has 6 nitrogen and oxygen atoms in total. The maximum atomic E-state index is 13.7. The number of benzene rings is 2. The first kappa shape index (κ1) is 20.9. The summed E-state index contributed by atoms with van der Waals surface area (Å²) in [7, 11) is -3.97. The highest BCUT2D eigenvalue weighted by Crippen LogP contribution is 2.20. The summed E-state index contributed by atoms with van der Waals surface area (Å²) >= 11 is 0. The monoisotopic (exact) mass is 393 g/mol. The molecule has 27 heavy (non-hydrogen) atoms. The van der Waals surface area contributed by atoms with E-state index in [4.69, 9.17) is 5.73 Å². The second-order valence-corrected chi connectivity index (χ2v) is 8.52. The Hall–Kier alpha value is -2.45. The molecule has 0 radical (unpaired) electrons. The van der Waals surface area contributed by atoms with Gasteiger partial charge in [-0.15, -0.1) is 0 Å². The average Bonchev–Trinajstić information content (AvgIpc) is 2.63. The summed E-state index contributed by atoms with van der Waals surface area (Å²) in [6, 6.07) is 10.9. The molecule has 0 aliphatic heterocycles. The summed E-state index contributed by atoms with van der Waals surface area (Å²) in [6.07, 6.45) is 0. The number of carbonyl (C=O) groups excluding carboxylic acids is 1. The van der Waals surface area contributed by atoms with Gasteiger partial charge < -0.3 is 11.1 Å². The highest BCUT2D eigenvalue weighted by atomic mass is 32.2. The number of hydrogen-bond acceptors (Lipinski definition) is 4. The number of carbonyl (C=O) groups is 1. The Bertz CT molecular complexity index is 914. The van der Waals surface area contributed by atoms with Gasteiger partial charge in [0.2, 0.25) is 0 Å². The van der Waals surface area contributed by atoms with Crippen LogP contribution in [0.15, 0.2) is 53.4 Å². The minimum atomic E-state index is -3.97. The predicted octanol–water partition coefficient (Wildman–Crippen LogP) is 2.73. The standard InChI is InChI=1S/C19H24FN3O3S/c1-13(2)19(3,12-21)22-18(24)14-8-10-15(11-9-14)27(25,26)23-17-7-5-4-6-16(17)20/h4-11,13,23H,12,21H2,1-3H3,(H,22,24). The molecular formula is C19H24FN3O3S. The van der Waals surface area contributed by atoms with Crippen LogP contribution in [0.5, 0.6) is 0 Å². The minimum absolute atomic E-state index is 0.0762. The van der Waals surface area contributed by atoms with E-state index >= 15 is 0 Å². The molecule has 0 aliphatic rings. The van der Waals surface area contributed by atoms with Gasteiger partial charge in [-0.25, -0.2) is 12.8 Å². The molecular weight excluding hydrogens is 369 g/mol. The molecule has 0 saturated carbocycles. The summed E-state index contributed by atoms with van der Waals surface area (Å²) < 4.78 is 40.7. The van der Waals surface area contributed by atoms with Crippen molar-refractivity contribution < 1.29 is 17.6 Å². The molecule has 0 bridgehead atoms. The molecule has 1 amide bonds. The zero-order valence-electron chi connectivity index (χ0n) is 15.5. The van der Waals surface area contributed by atoms with Crippen molar-refractivity contribution in [2.75, 3.05) is 11.3 Å². The molecule has 2 rings (SSSR count). The summed E-state index contributed by atoms with van der Waals surface area (Å²) in [5, 5.41) is 2.89. The van der Waals surface area contributed by atoms with Crippen molar-refractivity contribution in [2.24, 2.45) is 11.7 Å². The van der Waals surface area contributed by atoms with Crippen LogP contribution in [-0.2, 0) is 10.0 Å². The SMILES string of the molecule is CC(C)C(C)(CN)NC(=O)c1ccc(S(=O)(=O)Nc2ccccc2F)cc1. The van der Waals surface area contributed by atoms with Gasteiger partial charge in [0.1, 0.15) is 5.82 Å². The van der Waals surface area contributed by atoms with Gasteiger partial charge in [-0.1, -0.05) is 26.0 Å². The van der Waals surface area contributed by atoms with E-state index < -0.39 is 21.4 Å². The van der Waals surface area contributed by atoms with Gasteiger partial charge in [0, 0.05) is 12.1 Å². The first-order valence-electron chi connectivity index (χ1n) is 8.49. The Balaban J connectivity index is 2.19. The van der Waals surface area contributed by atoms with E-state index in [1.165, 1.54) is 42.5 Å². The molecule has 0 saturated heterocycles. The van der Waals surface area contributed by atoms with Gasteiger partial charge in [-0.2, -0.15) is 0 Å². The van der Waals surface area contributed by atoms with Crippen LogP contribution in [0.3, 0.4) is 0 Å². The summed E-state index contributed by atoms with van der Waals surface area (Å²) in [6.45, 7) is 6.04. The van der Waals surface area contributed by atoms with E-state index in [9.17, 15) is 17.6 Å². The molecule has 146 valence electrons. The number of halogens is 1. The number of rotatable bonds is 7. The van der Waals surface area contributed by atoms with Crippen LogP contribution in [0.1, 0.15) is 31.1 Å². The van der Waals surface area contributed by atoms with Crippen LogP contribution in [0.25, 0.3) is 0 Å². The van der Waals surface area contributed by atoms with E-state index in [1.54, 1.807) is 0 Å². The lowest BCUT2D eigenvalue weighted by atomic mass is 9.88. The lowest BCUT2D eigenvalue weighted by Gasteiger charge is -2.33. The lowest BCUT2D eigenvalue weighted by Crippen LogP contribution is -2.55. The molecule has 1 unspecified atom stereocenters. The summed E-state index contributed by atoms with van der Waals surface area (Å²) in [4.78, 5) is 12.4. The molecule has 0 spiro atoms. The highest BCUT2D eigenvalue weighted by molar-refractivity contribution is 7.92. The van der Waals surface area contributed by atoms with Gasteiger partial charge in [0.05, 0.1) is 16.1 Å². The molecule has 4 N–H and O–H groups in total. The molecule has 2 aromatic carbocycles. The largest absolute Gasteiger partial charge is 0.345 e. The van der Waals surface area contributed by atoms with Crippen molar-refractivity contribution in [2.45, 2.75) is 31.2 Å². The van der Waals surface area contributed by atoms with Crippen LogP contribution in [0.2, 0.25) is 0 Å². The van der Waals surface area contributed by atoms with Crippen LogP contribution < -0.4 is 15.8 Å². The fraction of sp³-hybridized carbons (Fsp3) is 0.316. The third-order valence-corrected chi connectivity index (χ3v) is 6.02. The van der Waals surface area contributed by atoms with Crippen molar-refractivity contribution in [3.05, 3.63) is 59.9 Å². The van der Waals surface area contributed by atoms with E-state index in [0.717, 1.165) is 6.07 Å². The Morgan fingerprint density at radius 1 is 1.15 bits per heavy atom. The van der Waals surface area contributed by atoms with Gasteiger partial charge >= 0.3 is 0 Å². The maximum Gasteiger partial charge on any atom is 0.261 e. The minimum Gasteiger partial charge on any atom is -0.345 e. The number of nitrogens with two attached hydrogens (primary N) is 1. The predicted molar refractivity (Wildman–Crippen MR) is 103 cm³/mol. The van der Waals surface area contributed by atoms with Gasteiger partial charge in [-0.3, -0.25) is 9.52 Å². The van der Waals surface area contributed by atoms with Crippen molar-refractivity contribution in [1.29, 1.82) is 0 Å². The van der Waals surface area contributed by atoms with E-state index in [0.29, 0.717) is 5.56 Å². The first-order valence-corrected chi connectivity index (χ1v) is 9.97. The summed E-state index contributed by atoms with van der Waals surface area (Å²) in [5.74, 6) is -0.898. The molecule has 0 aliphatic carbocycles. The lowest BCUT2D eigenvalue weighted by molar-refractivity contribution is 0.0883. The quantitative estimate of drug-likeness (QED) is 0.673. The molecule has 8 heteroatoms. The zero-order valence-corrected chi connectivity index (χ0v) is 16.3. The smallest absolute Gasteiger partial charge is 0.261 e. The van der Waals surface area contributed by atoms with Gasteiger partial charge in [0.25, 0.3) is 15.9 Å². The fourth-order valence-electron chi connectivity index (χ4n) is 2.30. The highest BCUT2D eigenvalue weighted by Gasteiger charge is 2.29. The maximum absolute atomic E-state index is 13.7. The Morgan fingerprint density at radius 2 is 1.74 bits per heavy atom. The van der Waals surface area contributed by atoms with Crippen molar-refractivity contribution >= 4 is 21.6 Å². The number of nitrogens with one attached hydrogen (secondary N) is 2. The van der Waals surface area contributed by atoms with Crippen molar-refractivity contribution in [3.8, 4) is 0 Å². The molecule has 2 aromatic rings. The summed E-state index contributed by atoms with van der Waals surface area (Å²) in [5.41, 5.74) is 5.36. The Labute approximate surface area is 159 Å². The first-order chi connectivity index (χ1) is 12.6. The van der Waals surface area contributed by atoms with Gasteiger partial charge in [0.15, 0.2) is 0 Å². The van der Waals surface area contributed by atoms with Gasteiger partial charge in [-0.05, 0) is 49.2 Å². The second-order valence-electron chi connectivity index (χ2n) is 6.84. The number of amides is 1. The van der Waals surface area contributed by atoms with Crippen LogP contribution in [0.4, 0.5) is 10.1 Å². The molecule has 0 heterocycles. The second kappa shape index (κ2) is 8.06. The van der Waals surface area contributed by atoms with E-state index in [1.807, 2.05) is 20.8 Å². The van der Waals surface area contributed by atoms with Crippen molar-refractivity contribution in [3.63, 3.8) is 0 Å². The number of anilines is 1. The zero-order chi connectivity index (χ0) is 20.2. The number of para-hydroxylation sites is 1. The number of sulfonamides is 1. The fourth-order valence-corrected chi connectivity index (χ4v) is 3.36. The molecule has 0 fully saturated rings. The number of hydrogen-bond donors (Lipinski definition) is 3. The molecule has 0 aromatic heterocycles. The van der Waals surface area contributed by atoms with Crippen LogP contribution in [0, 0.1) is 11.7 Å². The van der Waals surface area contributed by atoms with Crippen molar-refractivity contribution in [1.82, 2.24) is 5.32 Å². The third-order valence-electron chi connectivity index (χ3n) is 4.64. The Morgan fingerprint density at radius 3 is 2.26 bits per heavy atom. The average molecular weight is 393 g/mol. The third kappa shape index (κ3) is 4.84. The van der Waals surface area contributed by atoms with Crippen LogP contribution >= 0.6 is 0 Å². The topological polar surface area (TPSA) is 101 Å². The van der Waals surface area contributed by atoms with Crippen LogP contribution in [-0.4, -0.2) is 26.4 Å². The van der Waals surface area contributed by atoms with E-state index in [2.05, 4.69) is 10.0 Å². The molecule has 1 atom stereocenters.